The van der Waals surface area contributed by atoms with E-state index in [1.807, 2.05) is 0 Å². The van der Waals surface area contributed by atoms with Gasteiger partial charge in [-0.1, -0.05) is 197 Å². The second-order valence-electron chi connectivity index (χ2n) is 16.7. The highest BCUT2D eigenvalue weighted by atomic mass is 16.6. The Morgan fingerprint density at radius 2 is 0.600 bits per heavy atom. The van der Waals surface area contributed by atoms with Gasteiger partial charge < -0.3 is 14.2 Å². The molecule has 0 spiro atoms. The Bertz CT molecular complexity index is 1100. The molecule has 0 unspecified atom stereocenters. The Morgan fingerprint density at radius 1 is 0.333 bits per heavy atom. The molecule has 6 nitrogen and oxygen atoms in total. The molecule has 1 atom stereocenters. The summed E-state index contributed by atoms with van der Waals surface area (Å²) < 4.78 is 16.7. The summed E-state index contributed by atoms with van der Waals surface area (Å²) in [5, 5.41) is 0. The fourth-order valence-electron chi connectivity index (χ4n) is 6.89. The van der Waals surface area contributed by atoms with Crippen molar-refractivity contribution in [2.75, 3.05) is 13.2 Å². The Kier molecular flexibility index (Phi) is 46.4. The molecule has 0 amide bonds. The number of carbonyl (C=O) groups is 3. The van der Waals surface area contributed by atoms with E-state index < -0.39 is 6.10 Å². The standard InChI is InChI=1S/C54H94O6/c1-4-7-10-13-16-19-22-25-27-29-32-35-38-41-44-47-53(56)59-50-51(49-58-52(55)46-43-40-37-34-31-24-21-18-15-12-9-6-3)60-54(57)48-45-42-39-36-33-30-28-26-23-20-17-14-11-8-5-2/h16-17,19-20,25-28,33,36,51H,4-15,18,21-24,29-32,34-35,37-50H2,1-3H3/b19-16-,20-17-,27-25-,28-26-,36-33-/t51-/m0/s1. The predicted molar refractivity (Wildman–Crippen MR) is 256 cm³/mol. The lowest BCUT2D eigenvalue weighted by Gasteiger charge is -2.18. The first-order chi connectivity index (χ1) is 29.5. The van der Waals surface area contributed by atoms with Crippen molar-refractivity contribution >= 4 is 17.9 Å². The lowest BCUT2D eigenvalue weighted by Crippen LogP contribution is -2.30. The summed E-state index contributed by atoms with van der Waals surface area (Å²) in [6.45, 7) is 6.54. The van der Waals surface area contributed by atoms with Crippen LogP contribution < -0.4 is 0 Å². The van der Waals surface area contributed by atoms with Gasteiger partial charge in [0.25, 0.3) is 0 Å². The van der Waals surface area contributed by atoms with Crippen molar-refractivity contribution in [2.45, 2.75) is 252 Å². The maximum absolute atomic E-state index is 12.8. The SMILES string of the molecule is CCCCC/C=C\C/C=C\C/C=C\CCCCC(=O)O[C@H](COC(=O)CCCCCCC/C=C\C/C=C\CCCCC)COC(=O)CCCCCCCCCCCCCC. The second-order valence-corrected chi connectivity index (χ2v) is 16.7. The molecule has 0 N–H and O–H groups in total. The smallest absolute Gasteiger partial charge is 0.306 e. The summed E-state index contributed by atoms with van der Waals surface area (Å²) in [7, 11) is 0. The quantitative estimate of drug-likeness (QED) is 0.0263. The summed E-state index contributed by atoms with van der Waals surface area (Å²) in [4.78, 5) is 37.9. The van der Waals surface area contributed by atoms with Crippen LogP contribution in [0.4, 0.5) is 0 Å². The van der Waals surface area contributed by atoms with Crippen LogP contribution in [0.1, 0.15) is 245 Å². The Hall–Kier alpha value is -2.89. The van der Waals surface area contributed by atoms with E-state index in [2.05, 4.69) is 81.5 Å². The minimum absolute atomic E-state index is 0.0926. The van der Waals surface area contributed by atoms with Crippen molar-refractivity contribution in [1.82, 2.24) is 0 Å². The van der Waals surface area contributed by atoms with Crippen LogP contribution >= 0.6 is 0 Å². The van der Waals surface area contributed by atoms with E-state index in [1.54, 1.807) is 0 Å². The predicted octanol–water partition coefficient (Wildman–Crippen LogP) is 16.5. The highest BCUT2D eigenvalue weighted by Gasteiger charge is 2.19. The zero-order valence-corrected chi connectivity index (χ0v) is 39.5. The summed E-state index contributed by atoms with van der Waals surface area (Å²) in [6, 6.07) is 0. The van der Waals surface area contributed by atoms with Gasteiger partial charge in [0.05, 0.1) is 0 Å². The van der Waals surface area contributed by atoms with E-state index in [0.29, 0.717) is 19.3 Å². The number of ether oxygens (including phenoxy) is 3. The van der Waals surface area contributed by atoms with Crippen LogP contribution in [0.15, 0.2) is 60.8 Å². The molecule has 0 radical (unpaired) electrons. The number of unbranched alkanes of at least 4 members (excludes halogenated alkanes) is 24. The molecule has 0 aliphatic rings. The van der Waals surface area contributed by atoms with Crippen LogP contribution in [-0.2, 0) is 28.6 Å². The van der Waals surface area contributed by atoms with Crippen molar-refractivity contribution in [3.63, 3.8) is 0 Å². The van der Waals surface area contributed by atoms with Crippen molar-refractivity contribution in [2.24, 2.45) is 0 Å². The molecule has 0 fully saturated rings. The number of allylic oxidation sites excluding steroid dienone is 10. The molecule has 346 valence electrons. The minimum Gasteiger partial charge on any atom is -0.462 e. The normalized spacial score (nSPS) is 12.5. The summed E-state index contributed by atoms with van der Waals surface area (Å²) in [5.74, 6) is -0.943. The van der Waals surface area contributed by atoms with Crippen LogP contribution in [0.3, 0.4) is 0 Å². The van der Waals surface area contributed by atoms with Gasteiger partial charge >= 0.3 is 17.9 Å². The Morgan fingerprint density at radius 3 is 1.00 bits per heavy atom. The summed E-state index contributed by atoms with van der Waals surface area (Å²) in [5.41, 5.74) is 0. The monoisotopic (exact) mass is 839 g/mol. The van der Waals surface area contributed by atoms with E-state index in [9.17, 15) is 14.4 Å². The van der Waals surface area contributed by atoms with Crippen molar-refractivity contribution < 1.29 is 28.6 Å². The van der Waals surface area contributed by atoms with Gasteiger partial charge in [0.1, 0.15) is 13.2 Å². The van der Waals surface area contributed by atoms with Gasteiger partial charge in [-0.15, -0.1) is 0 Å². The molecule has 0 aromatic heterocycles. The first-order valence-electron chi connectivity index (χ1n) is 25.3. The van der Waals surface area contributed by atoms with E-state index in [-0.39, 0.29) is 37.5 Å². The maximum Gasteiger partial charge on any atom is 0.306 e. The highest BCUT2D eigenvalue weighted by molar-refractivity contribution is 5.71. The third-order valence-corrected chi connectivity index (χ3v) is 10.7. The third-order valence-electron chi connectivity index (χ3n) is 10.7. The average Bonchev–Trinajstić information content (AvgIpc) is 3.24. The van der Waals surface area contributed by atoms with Gasteiger partial charge in [-0.3, -0.25) is 14.4 Å². The van der Waals surface area contributed by atoms with Crippen LogP contribution in [0, 0.1) is 0 Å². The minimum atomic E-state index is -0.796. The van der Waals surface area contributed by atoms with Crippen molar-refractivity contribution in [1.29, 1.82) is 0 Å². The van der Waals surface area contributed by atoms with Gasteiger partial charge in [0, 0.05) is 19.3 Å². The van der Waals surface area contributed by atoms with Crippen LogP contribution in [0.5, 0.6) is 0 Å². The Labute approximate surface area is 370 Å². The summed E-state index contributed by atoms with van der Waals surface area (Å²) in [6.07, 6.45) is 59.1. The molecule has 0 aromatic carbocycles. The fourth-order valence-corrected chi connectivity index (χ4v) is 6.89. The highest BCUT2D eigenvalue weighted by Crippen LogP contribution is 2.14. The van der Waals surface area contributed by atoms with Gasteiger partial charge in [-0.2, -0.15) is 0 Å². The van der Waals surface area contributed by atoms with Crippen LogP contribution in [0.25, 0.3) is 0 Å². The van der Waals surface area contributed by atoms with Crippen LogP contribution in [-0.4, -0.2) is 37.2 Å². The largest absolute Gasteiger partial charge is 0.462 e. The lowest BCUT2D eigenvalue weighted by atomic mass is 10.0. The molecule has 0 rings (SSSR count). The molecule has 6 heteroatoms. The van der Waals surface area contributed by atoms with Gasteiger partial charge in [-0.05, 0) is 89.9 Å². The fraction of sp³-hybridized carbons (Fsp3) is 0.759. The topological polar surface area (TPSA) is 78.9 Å². The van der Waals surface area contributed by atoms with E-state index in [4.69, 9.17) is 14.2 Å². The van der Waals surface area contributed by atoms with E-state index >= 15 is 0 Å². The molecular weight excluding hydrogens is 745 g/mol. The molecule has 0 aliphatic carbocycles. The lowest BCUT2D eigenvalue weighted by molar-refractivity contribution is -0.167. The zero-order valence-electron chi connectivity index (χ0n) is 39.5. The van der Waals surface area contributed by atoms with E-state index in [1.165, 1.54) is 109 Å². The van der Waals surface area contributed by atoms with Crippen LogP contribution in [0.2, 0.25) is 0 Å². The summed E-state index contributed by atoms with van der Waals surface area (Å²) >= 11 is 0. The van der Waals surface area contributed by atoms with Crippen molar-refractivity contribution in [3.05, 3.63) is 60.8 Å². The number of hydrogen-bond donors (Lipinski definition) is 0. The first kappa shape index (κ1) is 57.1. The zero-order chi connectivity index (χ0) is 43.7. The molecule has 0 bridgehead atoms. The molecule has 60 heavy (non-hydrogen) atoms. The molecule has 0 aromatic rings. The van der Waals surface area contributed by atoms with E-state index in [0.717, 1.165) is 89.9 Å². The Balaban J connectivity index is 4.46. The van der Waals surface area contributed by atoms with Gasteiger partial charge in [-0.25, -0.2) is 0 Å². The molecule has 0 saturated heterocycles. The van der Waals surface area contributed by atoms with Crippen molar-refractivity contribution in [3.8, 4) is 0 Å². The molecule has 0 heterocycles. The molecular formula is C54H94O6. The number of hydrogen-bond acceptors (Lipinski definition) is 6. The third kappa shape index (κ3) is 46.2. The number of carbonyl (C=O) groups excluding carboxylic acids is 3. The first-order valence-corrected chi connectivity index (χ1v) is 25.3. The maximum atomic E-state index is 12.8. The van der Waals surface area contributed by atoms with Gasteiger partial charge in [0.2, 0.25) is 0 Å². The molecule has 0 aliphatic heterocycles. The number of rotatable bonds is 45. The average molecular weight is 839 g/mol. The second kappa shape index (κ2) is 48.8. The molecule has 0 saturated carbocycles. The van der Waals surface area contributed by atoms with Gasteiger partial charge in [0.15, 0.2) is 6.10 Å². The number of esters is 3.